The van der Waals surface area contributed by atoms with Crippen LogP contribution < -0.4 is 0 Å². The van der Waals surface area contributed by atoms with Crippen LogP contribution in [-0.2, 0) is 23.8 Å². The number of hydrogen-bond acceptors (Lipinski definition) is 5. The Bertz CT molecular complexity index is 209. The summed E-state index contributed by atoms with van der Waals surface area (Å²) in [6.07, 6.45) is 2.06. The topological polar surface area (TPSA) is 61.8 Å². The van der Waals surface area contributed by atoms with Crippen LogP contribution in [0.5, 0.6) is 0 Å². The highest BCUT2D eigenvalue weighted by Crippen LogP contribution is 2.02. The SMILES string of the molecule is CCCCOCC(COC(C)=O)COC(C)=O. The Balaban J connectivity index is 3.83. The van der Waals surface area contributed by atoms with Crippen LogP contribution in [0.1, 0.15) is 33.6 Å². The summed E-state index contributed by atoms with van der Waals surface area (Å²) in [6, 6.07) is 0. The molecule has 0 aliphatic heterocycles. The van der Waals surface area contributed by atoms with Crippen LogP contribution in [0, 0.1) is 5.92 Å². The molecule has 5 heteroatoms. The minimum Gasteiger partial charge on any atom is -0.465 e. The molecule has 0 aromatic rings. The zero-order chi connectivity index (χ0) is 13.1. The van der Waals surface area contributed by atoms with Crippen LogP contribution >= 0.6 is 0 Å². The molecule has 0 saturated heterocycles. The quantitative estimate of drug-likeness (QED) is 0.456. The standard InChI is InChI=1S/C12H22O5/c1-4-5-6-15-7-12(8-16-10(2)13)9-17-11(3)14/h12H,4-9H2,1-3H3. The van der Waals surface area contributed by atoms with E-state index in [0.717, 1.165) is 12.8 Å². The molecule has 0 heterocycles. The fourth-order valence-corrected chi connectivity index (χ4v) is 1.11. The lowest BCUT2D eigenvalue weighted by Crippen LogP contribution is -2.24. The Morgan fingerprint density at radius 3 is 1.94 bits per heavy atom. The molecule has 0 radical (unpaired) electrons. The largest absolute Gasteiger partial charge is 0.465 e. The van der Waals surface area contributed by atoms with Crippen molar-refractivity contribution in [1.29, 1.82) is 0 Å². The minimum absolute atomic E-state index is 0.0975. The molecule has 0 bridgehead atoms. The predicted molar refractivity (Wildman–Crippen MR) is 62.5 cm³/mol. The third kappa shape index (κ3) is 11.2. The molecule has 0 aliphatic rings. The van der Waals surface area contributed by atoms with Gasteiger partial charge in [-0.15, -0.1) is 0 Å². The van der Waals surface area contributed by atoms with Crippen molar-refractivity contribution in [3.63, 3.8) is 0 Å². The predicted octanol–water partition coefficient (Wildman–Crippen LogP) is 1.55. The van der Waals surface area contributed by atoms with Gasteiger partial charge in [-0.1, -0.05) is 13.3 Å². The van der Waals surface area contributed by atoms with Crippen LogP contribution in [0.3, 0.4) is 0 Å². The molecule has 17 heavy (non-hydrogen) atoms. The van der Waals surface area contributed by atoms with Crippen LogP contribution in [0.2, 0.25) is 0 Å². The van der Waals surface area contributed by atoms with E-state index in [1.54, 1.807) is 0 Å². The zero-order valence-corrected chi connectivity index (χ0v) is 10.9. The van der Waals surface area contributed by atoms with E-state index >= 15 is 0 Å². The molecule has 0 fully saturated rings. The summed E-state index contributed by atoms with van der Waals surface area (Å²) >= 11 is 0. The van der Waals surface area contributed by atoms with Gasteiger partial charge in [0.25, 0.3) is 0 Å². The first-order valence-electron chi connectivity index (χ1n) is 5.90. The first kappa shape index (κ1) is 15.9. The number of hydrogen-bond donors (Lipinski definition) is 0. The van der Waals surface area contributed by atoms with E-state index in [4.69, 9.17) is 14.2 Å². The second-order valence-electron chi connectivity index (χ2n) is 3.90. The smallest absolute Gasteiger partial charge is 0.302 e. The number of rotatable bonds is 9. The van der Waals surface area contributed by atoms with E-state index in [2.05, 4.69) is 6.92 Å². The van der Waals surface area contributed by atoms with Gasteiger partial charge < -0.3 is 14.2 Å². The maximum Gasteiger partial charge on any atom is 0.302 e. The normalized spacial score (nSPS) is 10.4. The van der Waals surface area contributed by atoms with E-state index in [9.17, 15) is 9.59 Å². The van der Waals surface area contributed by atoms with Crippen LogP contribution in [-0.4, -0.2) is 38.4 Å². The number of esters is 2. The lowest BCUT2D eigenvalue weighted by atomic mass is 10.2. The monoisotopic (exact) mass is 246 g/mol. The number of unbranched alkanes of at least 4 members (excludes halogenated alkanes) is 1. The second kappa shape index (κ2) is 10.1. The van der Waals surface area contributed by atoms with E-state index in [-0.39, 0.29) is 31.1 Å². The number of ether oxygens (including phenoxy) is 3. The van der Waals surface area contributed by atoms with Gasteiger partial charge in [0.1, 0.15) is 0 Å². The number of carbonyl (C=O) groups excluding carboxylic acids is 2. The summed E-state index contributed by atoms with van der Waals surface area (Å²) in [4.78, 5) is 21.4. The molecule has 0 aliphatic carbocycles. The summed E-state index contributed by atoms with van der Waals surface area (Å²) in [7, 11) is 0. The Hall–Kier alpha value is -1.10. The van der Waals surface area contributed by atoms with Gasteiger partial charge in [0.2, 0.25) is 0 Å². The average molecular weight is 246 g/mol. The molecular weight excluding hydrogens is 224 g/mol. The van der Waals surface area contributed by atoms with Crippen molar-refractivity contribution < 1.29 is 23.8 Å². The molecule has 100 valence electrons. The van der Waals surface area contributed by atoms with Gasteiger partial charge in [-0.05, 0) is 6.42 Å². The van der Waals surface area contributed by atoms with Crippen molar-refractivity contribution in [1.82, 2.24) is 0 Å². The van der Waals surface area contributed by atoms with Gasteiger partial charge >= 0.3 is 11.9 Å². The molecule has 0 rings (SSSR count). The highest BCUT2D eigenvalue weighted by Gasteiger charge is 2.13. The van der Waals surface area contributed by atoms with Gasteiger partial charge in [-0.3, -0.25) is 9.59 Å². The molecule has 0 aromatic carbocycles. The third-order valence-electron chi connectivity index (χ3n) is 2.04. The zero-order valence-electron chi connectivity index (χ0n) is 10.9. The highest BCUT2D eigenvalue weighted by atomic mass is 16.5. The Labute approximate surface area is 102 Å². The van der Waals surface area contributed by atoms with Crippen LogP contribution in [0.4, 0.5) is 0 Å². The van der Waals surface area contributed by atoms with E-state index in [1.165, 1.54) is 13.8 Å². The Morgan fingerprint density at radius 2 is 1.53 bits per heavy atom. The van der Waals surface area contributed by atoms with Crippen molar-refractivity contribution in [2.75, 3.05) is 26.4 Å². The Kier molecular flexibility index (Phi) is 9.43. The van der Waals surface area contributed by atoms with Crippen LogP contribution in [0.25, 0.3) is 0 Å². The summed E-state index contributed by atoms with van der Waals surface area (Å²) in [5.74, 6) is -0.780. The maximum atomic E-state index is 10.7. The van der Waals surface area contributed by atoms with E-state index in [0.29, 0.717) is 13.2 Å². The van der Waals surface area contributed by atoms with Gasteiger partial charge in [0.15, 0.2) is 0 Å². The molecule has 0 N–H and O–H groups in total. The minimum atomic E-state index is -0.341. The fraction of sp³-hybridized carbons (Fsp3) is 0.833. The summed E-state index contributed by atoms with van der Waals surface area (Å²) in [6.45, 7) is 6.32. The maximum absolute atomic E-state index is 10.7. The van der Waals surface area contributed by atoms with Gasteiger partial charge in [0, 0.05) is 20.5 Å². The van der Waals surface area contributed by atoms with Crippen LogP contribution in [0.15, 0.2) is 0 Å². The molecular formula is C12H22O5. The van der Waals surface area contributed by atoms with Crippen molar-refractivity contribution in [2.45, 2.75) is 33.6 Å². The first-order chi connectivity index (χ1) is 8.06. The Morgan fingerprint density at radius 1 is 1.00 bits per heavy atom. The fourth-order valence-electron chi connectivity index (χ4n) is 1.11. The second-order valence-corrected chi connectivity index (χ2v) is 3.90. The molecule has 0 spiro atoms. The van der Waals surface area contributed by atoms with E-state index < -0.39 is 0 Å². The lowest BCUT2D eigenvalue weighted by molar-refractivity contribution is -0.147. The van der Waals surface area contributed by atoms with Gasteiger partial charge in [0.05, 0.1) is 25.7 Å². The molecule has 5 nitrogen and oxygen atoms in total. The summed E-state index contributed by atoms with van der Waals surface area (Å²) in [5.41, 5.74) is 0. The molecule has 0 unspecified atom stereocenters. The lowest BCUT2D eigenvalue weighted by Gasteiger charge is -2.16. The average Bonchev–Trinajstić information content (AvgIpc) is 2.26. The first-order valence-corrected chi connectivity index (χ1v) is 5.90. The molecule has 0 aromatic heterocycles. The van der Waals surface area contributed by atoms with Crippen molar-refractivity contribution in [3.05, 3.63) is 0 Å². The molecule has 0 saturated carbocycles. The van der Waals surface area contributed by atoms with Crippen molar-refractivity contribution >= 4 is 11.9 Å². The highest BCUT2D eigenvalue weighted by molar-refractivity contribution is 5.66. The third-order valence-corrected chi connectivity index (χ3v) is 2.04. The van der Waals surface area contributed by atoms with E-state index in [1.807, 2.05) is 0 Å². The summed E-state index contributed by atoms with van der Waals surface area (Å²) in [5, 5.41) is 0. The van der Waals surface area contributed by atoms with Gasteiger partial charge in [-0.25, -0.2) is 0 Å². The number of carbonyl (C=O) groups is 2. The molecule has 0 atom stereocenters. The summed E-state index contributed by atoms with van der Waals surface area (Å²) < 4.78 is 15.2. The molecule has 0 amide bonds. The van der Waals surface area contributed by atoms with Crippen molar-refractivity contribution in [3.8, 4) is 0 Å². The van der Waals surface area contributed by atoms with Gasteiger partial charge in [-0.2, -0.15) is 0 Å². The van der Waals surface area contributed by atoms with Crippen molar-refractivity contribution in [2.24, 2.45) is 5.92 Å².